The molecule has 0 aliphatic rings. The van der Waals surface area contributed by atoms with Crippen molar-refractivity contribution in [1.82, 2.24) is 10.2 Å². The first kappa shape index (κ1) is 10.9. The van der Waals surface area contributed by atoms with Gasteiger partial charge in [-0.1, -0.05) is 35.5 Å². The minimum absolute atomic E-state index is 0.141. The van der Waals surface area contributed by atoms with Crippen LogP contribution in [0.3, 0.4) is 0 Å². The number of oxime groups is 1. The van der Waals surface area contributed by atoms with E-state index < -0.39 is 5.97 Å². The van der Waals surface area contributed by atoms with Gasteiger partial charge in [-0.25, -0.2) is 4.79 Å². The highest BCUT2D eigenvalue weighted by atomic mass is 16.7. The fourth-order valence-electron chi connectivity index (χ4n) is 1.17. The van der Waals surface area contributed by atoms with Gasteiger partial charge >= 0.3 is 5.97 Å². The third-order valence-electron chi connectivity index (χ3n) is 2.03. The molecule has 0 aliphatic carbocycles. The third kappa shape index (κ3) is 2.69. The van der Waals surface area contributed by atoms with E-state index in [4.69, 9.17) is 5.73 Å². The molecule has 0 saturated heterocycles. The van der Waals surface area contributed by atoms with Gasteiger partial charge in [0.2, 0.25) is 0 Å². The van der Waals surface area contributed by atoms with Crippen LogP contribution in [0.1, 0.15) is 15.9 Å². The molecule has 0 aliphatic heterocycles. The van der Waals surface area contributed by atoms with Crippen LogP contribution in [0, 0.1) is 0 Å². The number of hydrogen-bond donors (Lipinski definition) is 2. The molecule has 0 atom stereocenters. The maximum atomic E-state index is 11.4. The summed E-state index contributed by atoms with van der Waals surface area (Å²) in [6.07, 6.45) is 2.76. The van der Waals surface area contributed by atoms with Crippen molar-refractivity contribution < 1.29 is 9.63 Å². The molecule has 0 amide bonds. The van der Waals surface area contributed by atoms with E-state index in [0.29, 0.717) is 5.56 Å². The van der Waals surface area contributed by atoms with Crippen molar-refractivity contribution in [3.63, 3.8) is 0 Å². The summed E-state index contributed by atoms with van der Waals surface area (Å²) >= 11 is 0. The number of carbonyl (C=O) groups excluding carboxylic acids is 1. The summed E-state index contributed by atoms with van der Waals surface area (Å²) in [4.78, 5) is 16.1. The summed E-state index contributed by atoms with van der Waals surface area (Å²) in [5, 5.41) is 9.68. The first-order valence-corrected chi connectivity index (χ1v) is 4.86. The zero-order chi connectivity index (χ0) is 12.1. The molecule has 6 nitrogen and oxygen atoms in total. The first-order valence-electron chi connectivity index (χ1n) is 4.86. The average molecular weight is 230 g/mol. The molecular formula is C11H10N4O2. The van der Waals surface area contributed by atoms with Crippen molar-refractivity contribution in [1.29, 1.82) is 0 Å². The van der Waals surface area contributed by atoms with Gasteiger partial charge in [0.15, 0.2) is 5.84 Å². The van der Waals surface area contributed by atoms with Gasteiger partial charge in [-0.05, 0) is 0 Å². The summed E-state index contributed by atoms with van der Waals surface area (Å²) in [6, 6.07) is 9.02. The lowest BCUT2D eigenvalue weighted by atomic mass is 10.2. The topological polar surface area (TPSA) is 93.4 Å². The van der Waals surface area contributed by atoms with Crippen LogP contribution in [0.5, 0.6) is 0 Å². The Balaban J connectivity index is 2.04. The van der Waals surface area contributed by atoms with Crippen LogP contribution in [0.4, 0.5) is 0 Å². The molecule has 0 spiro atoms. The van der Waals surface area contributed by atoms with Gasteiger partial charge in [0.1, 0.15) is 0 Å². The molecule has 3 N–H and O–H groups in total. The number of aromatic amines is 1. The summed E-state index contributed by atoms with van der Waals surface area (Å²) in [5.74, 6) is -0.472. The Bertz CT molecular complexity index is 520. The predicted octanol–water partition coefficient (Wildman–Crippen LogP) is 0.887. The normalized spacial score (nSPS) is 11.2. The summed E-state index contributed by atoms with van der Waals surface area (Å²) in [5.41, 5.74) is 6.62. The lowest BCUT2D eigenvalue weighted by molar-refractivity contribution is 0.0516. The zero-order valence-electron chi connectivity index (χ0n) is 8.83. The van der Waals surface area contributed by atoms with Crippen molar-refractivity contribution in [3.05, 3.63) is 53.9 Å². The van der Waals surface area contributed by atoms with Crippen molar-refractivity contribution >= 4 is 11.8 Å². The van der Waals surface area contributed by atoms with E-state index in [1.165, 1.54) is 12.4 Å². The molecule has 6 heteroatoms. The molecule has 0 unspecified atom stereocenters. The molecule has 17 heavy (non-hydrogen) atoms. The molecule has 1 aromatic heterocycles. The molecule has 1 heterocycles. The Kier molecular flexibility index (Phi) is 3.15. The molecule has 2 aromatic rings. The number of rotatable bonds is 3. The van der Waals surface area contributed by atoms with Gasteiger partial charge in [-0.3, -0.25) is 5.10 Å². The Morgan fingerprint density at radius 2 is 2.06 bits per heavy atom. The molecule has 0 radical (unpaired) electrons. The largest absolute Gasteiger partial charge is 0.380 e. The molecule has 86 valence electrons. The van der Waals surface area contributed by atoms with E-state index in [2.05, 4.69) is 20.2 Å². The third-order valence-corrected chi connectivity index (χ3v) is 2.03. The van der Waals surface area contributed by atoms with Gasteiger partial charge in [0.25, 0.3) is 0 Å². The predicted molar refractivity (Wildman–Crippen MR) is 61.2 cm³/mol. The monoisotopic (exact) mass is 230 g/mol. The number of hydrogen-bond acceptors (Lipinski definition) is 4. The highest BCUT2D eigenvalue weighted by Gasteiger charge is 2.08. The molecule has 0 saturated carbocycles. The van der Waals surface area contributed by atoms with Crippen LogP contribution in [-0.2, 0) is 4.84 Å². The number of carbonyl (C=O) groups is 1. The van der Waals surface area contributed by atoms with Gasteiger partial charge in [0.05, 0.1) is 11.8 Å². The van der Waals surface area contributed by atoms with Crippen LogP contribution < -0.4 is 5.73 Å². The van der Waals surface area contributed by atoms with E-state index in [0.717, 1.165) is 0 Å². The highest BCUT2D eigenvalue weighted by Crippen LogP contribution is 2.01. The number of benzene rings is 1. The van der Waals surface area contributed by atoms with E-state index in [1.54, 1.807) is 12.1 Å². The number of nitrogens with one attached hydrogen (secondary N) is 1. The highest BCUT2D eigenvalue weighted by molar-refractivity contribution is 5.98. The van der Waals surface area contributed by atoms with E-state index in [9.17, 15) is 4.79 Å². The standard InChI is InChI=1S/C11H10N4O2/c12-10(8-4-2-1-3-5-8)15-17-11(16)9-6-13-14-7-9/h1-7H,(H2,12,15)(H,13,14). The average Bonchev–Trinajstić information content (AvgIpc) is 2.90. The molecular weight excluding hydrogens is 220 g/mol. The summed E-state index contributed by atoms with van der Waals surface area (Å²) in [6.45, 7) is 0. The zero-order valence-corrected chi connectivity index (χ0v) is 8.83. The van der Waals surface area contributed by atoms with Gasteiger partial charge < -0.3 is 10.6 Å². The van der Waals surface area contributed by atoms with Crippen molar-refractivity contribution in [2.75, 3.05) is 0 Å². The number of nitrogens with two attached hydrogens (primary N) is 1. The van der Waals surface area contributed by atoms with Gasteiger partial charge in [0, 0.05) is 11.8 Å². The summed E-state index contributed by atoms with van der Waals surface area (Å²) < 4.78 is 0. The molecule has 0 fully saturated rings. The molecule has 2 rings (SSSR count). The Hall–Kier alpha value is -2.63. The lowest BCUT2D eigenvalue weighted by Crippen LogP contribution is -2.14. The smallest absolute Gasteiger partial charge is 0.368 e. The summed E-state index contributed by atoms with van der Waals surface area (Å²) in [7, 11) is 0. The number of H-pyrrole nitrogens is 1. The lowest BCUT2D eigenvalue weighted by Gasteiger charge is -1.99. The first-order chi connectivity index (χ1) is 8.27. The van der Waals surface area contributed by atoms with E-state index in [1.807, 2.05) is 18.2 Å². The van der Waals surface area contributed by atoms with E-state index >= 15 is 0 Å². The van der Waals surface area contributed by atoms with Crippen LogP contribution in [0.25, 0.3) is 0 Å². The van der Waals surface area contributed by atoms with Crippen LogP contribution >= 0.6 is 0 Å². The minimum atomic E-state index is -0.613. The fourth-order valence-corrected chi connectivity index (χ4v) is 1.17. The SMILES string of the molecule is N/C(=N\OC(=O)c1cn[nH]c1)c1ccccc1. The number of amidine groups is 1. The van der Waals surface area contributed by atoms with Crippen molar-refractivity contribution in [2.45, 2.75) is 0 Å². The number of nitrogens with zero attached hydrogens (tertiary/aromatic N) is 2. The van der Waals surface area contributed by atoms with Crippen LogP contribution in [0.15, 0.2) is 47.9 Å². The molecule has 1 aromatic carbocycles. The second-order valence-electron chi connectivity index (χ2n) is 3.21. The van der Waals surface area contributed by atoms with Gasteiger partial charge in [-0.15, -0.1) is 0 Å². The maximum absolute atomic E-state index is 11.4. The maximum Gasteiger partial charge on any atom is 0.368 e. The number of aromatic nitrogens is 2. The van der Waals surface area contributed by atoms with E-state index in [-0.39, 0.29) is 11.4 Å². The Morgan fingerprint density at radius 3 is 2.71 bits per heavy atom. The minimum Gasteiger partial charge on any atom is -0.380 e. The Morgan fingerprint density at radius 1 is 1.29 bits per heavy atom. The van der Waals surface area contributed by atoms with Crippen LogP contribution in [-0.4, -0.2) is 22.0 Å². The van der Waals surface area contributed by atoms with Gasteiger partial charge in [-0.2, -0.15) is 5.10 Å². The van der Waals surface area contributed by atoms with Crippen molar-refractivity contribution in [3.8, 4) is 0 Å². The van der Waals surface area contributed by atoms with Crippen LogP contribution in [0.2, 0.25) is 0 Å². The second-order valence-corrected chi connectivity index (χ2v) is 3.21. The molecule has 0 bridgehead atoms. The Labute approximate surface area is 97.1 Å². The second kappa shape index (κ2) is 4.93. The quantitative estimate of drug-likeness (QED) is 0.354. The van der Waals surface area contributed by atoms with Crippen molar-refractivity contribution in [2.24, 2.45) is 10.9 Å². The fraction of sp³-hybridized carbons (Fsp3) is 0.